The zero-order chi connectivity index (χ0) is 15.6. The summed E-state index contributed by atoms with van der Waals surface area (Å²) in [6, 6.07) is 0. The monoisotopic (exact) mass is 321 g/mol. The van der Waals surface area contributed by atoms with Crippen molar-refractivity contribution in [2.24, 2.45) is 4.99 Å². The summed E-state index contributed by atoms with van der Waals surface area (Å²) in [4.78, 5) is 15.4. The van der Waals surface area contributed by atoms with Gasteiger partial charge in [-0.1, -0.05) is 45.4 Å². The number of hydrogen-bond acceptors (Lipinski definition) is 4. The first-order chi connectivity index (χ1) is 10.1. The third-order valence-corrected chi connectivity index (χ3v) is 4.41. The molecule has 0 aliphatic carbocycles. The summed E-state index contributed by atoms with van der Waals surface area (Å²) in [5, 5.41) is 20.2. The van der Waals surface area contributed by atoms with Crippen LogP contribution < -0.4 is 34.7 Å². The third kappa shape index (κ3) is 7.55. The summed E-state index contributed by atoms with van der Waals surface area (Å²) in [6.07, 6.45) is 11.4. The molecular weight excluding hydrogens is 291 g/mol. The van der Waals surface area contributed by atoms with Crippen LogP contribution in [0, 0.1) is 0 Å². The van der Waals surface area contributed by atoms with Crippen LogP contribution in [0.2, 0.25) is 0 Å². The predicted molar refractivity (Wildman–Crippen MR) is 81.8 cm³/mol. The largest absolute Gasteiger partial charge is 1.00 e. The fourth-order valence-corrected chi connectivity index (χ4v) is 3.17. The average Bonchev–Trinajstić information content (AvgIpc) is 2.80. The van der Waals surface area contributed by atoms with Crippen LogP contribution in [-0.2, 0) is 4.79 Å². The Bertz CT molecular complexity index is 339. The topological polar surface area (TPSA) is 72.7 Å². The summed E-state index contributed by atoms with van der Waals surface area (Å²) in [7, 11) is 0. The van der Waals surface area contributed by atoms with Gasteiger partial charge in [0.05, 0.1) is 18.8 Å². The van der Waals surface area contributed by atoms with E-state index in [0.717, 1.165) is 12.8 Å². The van der Waals surface area contributed by atoms with Crippen LogP contribution in [0.4, 0.5) is 0 Å². The molecule has 0 fully saturated rings. The summed E-state index contributed by atoms with van der Waals surface area (Å²) >= 11 is 0. The van der Waals surface area contributed by atoms with Crippen molar-refractivity contribution in [2.75, 3.05) is 26.2 Å². The zero-order valence-corrected chi connectivity index (χ0v) is 16.3. The molecule has 6 heteroatoms. The van der Waals surface area contributed by atoms with Gasteiger partial charge in [-0.25, -0.2) is 4.99 Å². The second-order valence-electron chi connectivity index (χ2n) is 6.10. The Kier molecular flexibility index (Phi) is 12.5. The van der Waals surface area contributed by atoms with Crippen molar-refractivity contribution in [3.05, 3.63) is 0 Å². The van der Waals surface area contributed by atoms with Crippen molar-refractivity contribution in [1.82, 2.24) is 0 Å². The molecule has 0 radical (unpaired) electrons. The van der Waals surface area contributed by atoms with Gasteiger partial charge in [-0.3, -0.25) is 4.48 Å². The Morgan fingerprint density at radius 1 is 1.27 bits per heavy atom. The van der Waals surface area contributed by atoms with Crippen LogP contribution in [0.15, 0.2) is 4.99 Å². The number of carboxylic acids is 1. The quantitative estimate of drug-likeness (QED) is 0.259. The molecule has 1 N–H and O–H groups in total. The molecule has 0 bridgehead atoms. The fourth-order valence-electron chi connectivity index (χ4n) is 3.17. The van der Waals surface area contributed by atoms with E-state index in [1.54, 1.807) is 0 Å². The van der Waals surface area contributed by atoms with Crippen molar-refractivity contribution < 1.29 is 49.0 Å². The number of aliphatic carboxylic acids is 1. The smallest absolute Gasteiger partial charge is 0.544 e. The van der Waals surface area contributed by atoms with Gasteiger partial charge in [-0.15, -0.1) is 0 Å². The van der Waals surface area contributed by atoms with E-state index in [2.05, 4.69) is 11.9 Å². The molecule has 0 aromatic rings. The van der Waals surface area contributed by atoms with E-state index >= 15 is 0 Å². The summed E-state index contributed by atoms with van der Waals surface area (Å²) in [5.41, 5.74) is 0. The van der Waals surface area contributed by atoms with Crippen LogP contribution in [0.1, 0.15) is 58.3 Å². The minimum atomic E-state index is -1.06. The van der Waals surface area contributed by atoms with E-state index in [1.807, 2.05) is 6.21 Å². The van der Waals surface area contributed by atoms with Crippen molar-refractivity contribution in [3.8, 4) is 0 Å². The van der Waals surface area contributed by atoms with Gasteiger partial charge >= 0.3 is 29.6 Å². The Balaban J connectivity index is 0.00000441. The van der Waals surface area contributed by atoms with Gasteiger partial charge in [0.2, 0.25) is 0 Å². The molecule has 0 spiro atoms. The first-order valence-corrected chi connectivity index (χ1v) is 8.32. The number of carbonyl (C=O) groups is 1. The Morgan fingerprint density at radius 2 is 1.91 bits per heavy atom. The molecule has 122 valence electrons. The van der Waals surface area contributed by atoms with Crippen LogP contribution in [0.3, 0.4) is 0 Å². The zero-order valence-electron chi connectivity index (χ0n) is 14.3. The van der Waals surface area contributed by atoms with Gasteiger partial charge in [-0.2, -0.15) is 0 Å². The van der Waals surface area contributed by atoms with Crippen LogP contribution in [0.25, 0.3) is 0 Å². The van der Waals surface area contributed by atoms with Crippen molar-refractivity contribution in [2.45, 2.75) is 64.5 Å². The van der Waals surface area contributed by atoms with Crippen molar-refractivity contribution in [3.63, 3.8) is 0 Å². The summed E-state index contributed by atoms with van der Waals surface area (Å²) in [5.74, 6) is -1.06. The maximum absolute atomic E-state index is 11.0. The molecule has 1 rings (SSSR count). The van der Waals surface area contributed by atoms with E-state index in [0.29, 0.717) is 17.6 Å². The number of nitrogens with zero attached hydrogens (tertiary/aromatic N) is 2. The Labute approximate surface area is 156 Å². The fraction of sp³-hybridized carbons (Fsp3) is 0.875. The molecule has 0 saturated carbocycles. The van der Waals surface area contributed by atoms with Crippen LogP contribution in [-0.4, -0.2) is 54.2 Å². The number of hydrogen-bond donors (Lipinski definition) is 1. The minimum Gasteiger partial charge on any atom is -0.544 e. The number of rotatable bonds is 12. The third-order valence-electron chi connectivity index (χ3n) is 4.41. The van der Waals surface area contributed by atoms with E-state index < -0.39 is 5.97 Å². The normalized spacial score (nSPS) is 23.5. The number of aliphatic hydroxyl groups is 1. The molecule has 5 nitrogen and oxygen atoms in total. The molecule has 0 amide bonds. The van der Waals surface area contributed by atoms with E-state index in [-0.39, 0.29) is 48.9 Å². The van der Waals surface area contributed by atoms with Gasteiger partial charge < -0.3 is 15.0 Å². The molecule has 0 aromatic carbocycles. The number of aliphatic hydroxyl groups excluding tert-OH is 1. The van der Waals surface area contributed by atoms with E-state index in [4.69, 9.17) is 0 Å². The number of aliphatic imine (C=N–C) groups is 1. The molecular formula is C16H30N2NaO3+. The Hall–Kier alpha value is 0.0600. The van der Waals surface area contributed by atoms with Crippen LogP contribution in [0.5, 0.6) is 0 Å². The SMILES string of the molecule is CCCCCCCCCC1N=CC[N+]1(CCO)CC(=O)[O-].[Na+]. The van der Waals surface area contributed by atoms with Gasteiger partial charge in [-0.05, 0) is 6.42 Å². The molecule has 1 aliphatic rings. The maximum Gasteiger partial charge on any atom is 1.00 e. The first kappa shape index (κ1) is 22.1. The number of unbranched alkanes of at least 4 members (excludes halogenated alkanes) is 6. The minimum absolute atomic E-state index is 0. The van der Waals surface area contributed by atoms with Gasteiger partial charge in [0, 0.05) is 6.42 Å². The number of carbonyl (C=O) groups excluding carboxylic acids is 1. The van der Waals surface area contributed by atoms with Crippen molar-refractivity contribution in [1.29, 1.82) is 0 Å². The van der Waals surface area contributed by atoms with Crippen LogP contribution >= 0.6 is 0 Å². The average molecular weight is 321 g/mol. The molecule has 1 heterocycles. The molecule has 2 unspecified atom stereocenters. The predicted octanol–water partition coefficient (Wildman–Crippen LogP) is -1.90. The first-order valence-electron chi connectivity index (χ1n) is 8.32. The second-order valence-corrected chi connectivity index (χ2v) is 6.10. The summed E-state index contributed by atoms with van der Waals surface area (Å²) in [6.45, 7) is 3.19. The van der Waals surface area contributed by atoms with Gasteiger partial charge in [0.1, 0.15) is 19.6 Å². The summed E-state index contributed by atoms with van der Waals surface area (Å²) < 4.78 is 0.328. The van der Waals surface area contributed by atoms with E-state index in [1.165, 1.54) is 38.5 Å². The number of quaternary nitrogens is 1. The molecule has 0 saturated heterocycles. The Morgan fingerprint density at radius 3 is 2.50 bits per heavy atom. The number of carboxylic acid groups (broad SMARTS) is 1. The van der Waals surface area contributed by atoms with Gasteiger partial charge in [0.15, 0.2) is 6.17 Å². The molecule has 0 aromatic heterocycles. The van der Waals surface area contributed by atoms with Gasteiger partial charge in [0.25, 0.3) is 0 Å². The molecule has 1 aliphatic heterocycles. The van der Waals surface area contributed by atoms with E-state index in [9.17, 15) is 15.0 Å². The molecule has 2 atom stereocenters. The molecule has 22 heavy (non-hydrogen) atoms. The standard InChI is InChI=1S/C16H30N2O3.Na/c1-2-3-4-5-6-7-8-9-15-17-10-11-18(15,12-13-19)14-16(20)21;/h10,15,19H,2-9,11-14H2,1H3;/q;+1. The van der Waals surface area contributed by atoms with Crippen molar-refractivity contribution >= 4 is 12.2 Å². The maximum atomic E-state index is 11.0. The second kappa shape index (κ2) is 12.5.